The van der Waals surface area contributed by atoms with E-state index in [9.17, 15) is 9.90 Å². The zero-order valence-corrected chi connectivity index (χ0v) is 18.6. The Labute approximate surface area is 179 Å². The quantitative estimate of drug-likeness (QED) is 0.414. The fraction of sp³-hybridized carbons (Fsp3) is 0.417. The Balaban J connectivity index is 1.98. The summed E-state index contributed by atoms with van der Waals surface area (Å²) >= 11 is 0. The molecule has 0 spiro atoms. The van der Waals surface area contributed by atoms with Gasteiger partial charge in [-0.2, -0.15) is 0 Å². The SMILES string of the molecule is CCNC(=NCc1cccc(NC(C)=O)c1)NCC(O)c1ccc(C(C)(C)C)cc1. The zero-order chi connectivity index (χ0) is 22.1. The highest BCUT2D eigenvalue weighted by atomic mass is 16.3. The second-order valence-electron chi connectivity index (χ2n) is 8.35. The molecule has 0 heterocycles. The van der Waals surface area contributed by atoms with Gasteiger partial charge in [-0.05, 0) is 41.2 Å². The van der Waals surface area contributed by atoms with E-state index in [1.165, 1.54) is 12.5 Å². The molecular weight excluding hydrogens is 376 g/mol. The standard InChI is InChI=1S/C24H34N4O2/c1-6-25-23(26-15-18-8-7-9-21(14-18)28-17(2)29)27-16-22(30)19-10-12-20(13-11-19)24(3,4)5/h7-14,22,30H,6,15-16H2,1-5H3,(H,28,29)(H2,25,26,27). The summed E-state index contributed by atoms with van der Waals surface area (Å²) < 4.78 is 0. The van der Waals surface area contributed by atoms with Crippen LogP contribution in [0.15, 0.2) is 53.5 Å². The molecule has 0 saturated carbocycles. The van der Waals surface area contributed by atoms with Gasteiger partial charge in [0.1, 0.15) is 0 Å². The molecule has 0 saturated heterocycles. The predicted molar refractivity (Wildman–Crippen MR) is 124 cm³/mol. The lowest BCUT2D eigenvalue weighted by atomic mass is 9.86. The molecule has 2 aromatic rings. The van der Waals surface area contributed by atoms with E-state index in [1.807, 2.05) is 43.3 Å². The normalized spacial score (nSPS) is 12.9. The number of aliphatic hydroxyl groups excluding tert-OH is 1. The number of carbonyl (C=O) groups is 1. The minimum atomic E-state index is -0.633. The Morgan fingerprint density at radius 3 is 2.40 bits per heavy atom. The summed E-state index contributed by atoms with van der Waals surface area (Å²) in [7, 11) is 0. The molecule has 0 aromatic heterocycles. The third kappa shape index (κ3) is 7.52. The molecule has 1 atom stereocenters. The number of guanidine groups is 1. The molecule has 30 heavy (non-hydrogen) atoms. The van der Waals surface area contributed by atoms with Crippen molar-refractivity contribution in [3.05, 3.63) is 65.2 Å². The average molecular weight is 411 g/mol. The molecule has 6 nitrogen and oxygen atoms in total. The van der Waals surface area contributed by atoms with Crippen molar-refractivity contribution in [2.45, 2.75) is 52.7 Å². The average Bonchev–Trinajstić information content (AvgIpc) is 2.69. The molecule has 1 amide bonds. The van der Waals surface area contributed by atoms with Gasteiger partial charge in [-0.25, -0.2) is 4.99 Å². The number of rotatable bonds is 7. The highest BCUT2D eigenvalue weighted by molar-refractivity contribution is 5.88. The Bertz CT molecular complexity index is 854. The second kappa shape index (κ2) is 10.8. The van der Waals surface area contributed by atoms with Crippen LogP contribution >= 0.6 is 0 Å². The number of aliphatic imine (C=N–C) groups is 1. The Morgan fingerprint density at radius 2 is 1.80 bits per heavy atom. The van der Waals surface area contributed by atoms with E-state index < -0.39 is 6.10 Å². The predicted octanol–water partition coefficient (Wildman–Crippen LogP) is 3.73. The van der Waals surface area contributed by atoms with Gasteiger partial charge in [-0.3, -0.25) is 4.79 Å². The minimum absolute atomic E-state index is 0.0871. The number of nitrogens with one attached hydrogen (secondary N) is 3. The molecular formula is C24H34N4O2. The summed E-state index contributed by atoms with van der Waals surface area (Å²) in [4.78, 5) is 15.8. The van der Waals surface area contributed by atoms with E-state index >= 15 is 0 Å². The lowest BCUT2D eigenvalue weighted by Crippen LogP contribution is -2.39. The van der Waals surface area contributed by atoms with Crippen LogP contribution in [0.4, 0.5) is 5.69 Å². The fourth-order valence-electron chi connectivity index (χ4n) is 2.98. The maximum absolute atomic E-state index is 11.2. The molecule has 0 radical (unpaired) electrons. The molecule has 0 aliphatic carbocycles. The van der Waals surface area contributed by atoms with Gasteiger partial charge in [0, 0.05) is 25.7 Å². The van der Waals surface area contributed by atoms with E-state index in [2.05, 4.69) is 53.8 Å². The van der Waals surface area contributed by atoms with E-state index in [0.29, 0.717) is 25.6 Å². The number of hydrogen-bond donors (Lipinski definition) is 4. The summed E-state index contributed by atoms with van der Waals surface area (Å²) in [5.74, 6) is 0.531. The third-order valence-corrected chi connectivity index (χ3v) is 4.64. The Hall–Kier alpha value is -2.86. The van der Waals surface area contributed by atoms with Crippen LogP contribution in [0, 0.1) is 0 Å². The largest absolute Gasteiger partial charge is 0.387 e. The van der Waals surface area contributed by atoms with Crippen LogP contribution in [-0.2, 0) is 16.8 Å². The monoisotopic (exact) mass is 410 g/mol. The van der Waals surface area contributed by atoms with Crippen LogP contribution in [0.1, 0.15) is 57.4 Å². The fourth-order valence-corrected chi connectivity index (χ4v) is 2.98. The number of carbonyl (C=O) groups excluding carboxylic acids is 1. The third-order valence-electron chi connectivity index (χ3n) is 4.64. The molecule has 2 aromatic carbocycles. The van der Waals surface area contributed by atoms with E-state index in [4.69, 9.17) is 0 Å². The van der Waals surface area contributed by atoms with E-state index in [1.54, 1.807) is 0 Å². The van der Waals surface area contributed by atoms with Gasteiger partial charge in [0.2, 0.25) is 5.91 Å². The summed E-state index contributed by atoms with van der Waals surface area (Å²) in [6, 6.07) is 15.7. The smallest absolute Gasteiger partial charge is 0.221 e. The molecule has 162 valence electrons. The minimum Gasteiger partial charge on any atom is -0.387 e. The van der Waals surface area contributed by atoms with E-state index in [0.717, 1.165) is 16.8 Å². The number of nitrogens with zero attached hydrogens (tertiary/aromatic N) is 1. The molecule has 0 aliphatic heterocycles. The molecule has 2 rings (SSSR count). The molecule has 6 heteroatoms. The number of anilines is 1. The van der Waals surface area contributed by atoms with Gasteiger partial charge in [-0.15, -0.1) is 0 Å². The highest BCUT2D eigenvalue weighted by Crippen LogP contribution is 2.23. The molecule has 1 unspecified atom stereocenters. The Kier molecular flexibility index (Phi) is 8.42. The van der Waals surface area contributed by atoms with E-state index in [-0.39, 0.29) is 11.3 Å². The number of aliphatic hydroxyl groups is 1. The number of amides is 1. The molecule has 0 aliphatic rings. The van der Waals surface area contributed by atoms with Crippen molar-refractivity contribution in [2.75, 3.05) is 18.4 Å². The Morgan fingerprint density at radius 1 is 1.10 bits per heavy atom. The van der Waals surface area contributed by atoms with Crippen LogP contribution < -0.4 is 16.0 Å². The van der Waals surface area contributed by atoms with Crippen molar-refractivity contribution in [3.63, 3.8) is 0 Å². The topological polar surface area (TPSA) is 85.8 Å². The summed E-state index contributed by atoms with van der Waals surface area (Å²) in [6.45, 7) is 11.5. The zero-order valence-electron chi connectivity index (χ0n) is 18.6. The van der Waals surface area contributed by atoms with Gasteiger partial charge in [-0.1, -0.05) is 57.2 Å². The first-order chi connectivity index (χ1) is 14.2. The first-order valence-electron chi connectivity index (χ1n) is 10.4. The number of benzene rings is 2. The van der Waals surface area contributed by atoms with Gasteiger partial charge in [0.05, 0.1) is 12.6 Å². The summed E-state index contributed by atoms with van der Waals surface area (Å²) in [5.41, 5.74) is 3.93. The van der Waals surface area contributed by atoms with Crippen LogP contribution in [0.25, 0.3) is 0 Å². The maximum atomic E-state index is 11.2. The van der Waals surface area contributed by atoms with Crippen LogP contribution in [0.2, 0.25) is 0 Å². The van der Waals surface area contributed by atoms with Crippen LogP contribution in [0.5, 0.6) is 0 Å². The summed E-state index contributed by atoms with van der Waals surface area (Å²) in [5, 5.41) is 19.7. The van der Waals surface area contributed by atoms with Gasteiger partial charge < -0.3 is 21.1 Å². The van der Waals surface area contributed by atoms with Crippen molar-refractivity contribution >= 4 is 17.6 Å². The summed E-state index contributed by atoms with van der Waals surface area (Å²) in [6.07, 6.45) is -0.633. The molecule has 0 bridgehead atoms. The van der Waals surface area contributed by atoms with Crippen molar-refractivity contribution < 1.29 is 9.90 Å². The molecule has 4 N–H and O–H groups in total. The lowest BCUT2D eigenvalue weighted by molar-refractivity contribution is -0.114. The van der Waals surface area contributed by atoms with Crippen LogP contribution in [0.3, 0.4) is 0 Å². The first-order valence-corrected chi connectivity index (χ1v) is 10.4. The number of hydrogen-bond acceptors (Lipinski definition) is 3. The van der Waals surface area contributed by atoms with Crippen molar-refractivity contribution in [1.82, 2.24) is 10.6 Å². The van der Waals surface area contributed by atoms with Crippen molar-refractivity contribution in [1.29, 1.82) is 0 Å². The molecule has 0 fully saturated rings. The van der Waals surface area contributed by atoms with Gasteiger partial charge in [0.15, 0.2) is 5.96 Å². The van der Waals surface area contributed by atoms with Gasteiger partial charge in [0.25, 0.3) is 0 Å². The second-order valence-corrected chi connectivity index (χ2v) is 8.35. The lowest BCUT2D eigenvalue weighted by Gasteiger charge is -2.20. The maximum Gasteiger partial charge on any atom is 0.221 e. The van der Waals surface area contributed by atoms with Crippen molar-refractivity contribution in [2.24, 2.45) is 4.99 Å². The van der Waals surface area contributed by atoms with Crippen molar-refractivity contribution in [3.8, 4) is 0 Å². The van der Waals surface area contributed by atoms with Gasteiger partial charge >= 0.3 is 0 Å². The first kappa shape index (κ1) is 23.4. The van der Waals surface area contributed by atoms with Crippen LogP contribution in [-0.4, -0.2) is 30.1 Å². The highest BCUT2D eigenvalue weighted by Gasteiger charge is 2.15.